The van der Waals surface area contributed by atoms with Crippen LogP contribution in [0.3, 0.4) is 0 Å². The summed E-state index contributed by atoms with van der Waals surface area (Å²) in [6.45, 7) is 3.52. The van der Waals surface area contributed by atoms with E-state index in [9.17, 15) is 9.59 Å². The average Bonchev–Trinajstić information content (AvgIpc) is 2.86. The van der Waals surface area contributed by atoms with Crippen LogP contribution in [0.1, 0.15) is 32.1 Å². The number of hydrogen-bond donors (Lipinski definition) is 1. The average molecular weight is 217 g/mol. The molecule has 0 saturated heterocycles. The summed E-state index contributed by atoms with van der Waals surface area (Å²) in [4.78, 5) is 29.5. The highest BCUT2D eigenvalue weighted by Gasteiger charge is 2.18. The summed E-state index contributed by atoms with van der Waals surface area (Å²) in [5, 5.41) is 0. The second-order valence-corrected chi connectivity index (χ2v) is 3.56. The van der Waals surface area contributed by atoms with E-state index in [1.807, 2.05) is 0 Å². The minimum Gasteiger partial charge on any atom is -0.356 e. The third kappa shape index (κ3) is 1.46. The molecule has 2 aromatic rings. The Balaban J connectivity index is 2.52. The van der Waals surface area contributed by atoms with Crippen LogP contribution in [0.5, 0.6) is 0 Å². The van der Waals surface area contributed by atoms with E-state index in [1.54, 1.807) is 20.0 Å². The lowest BCUT2D eigenvalue weighted by molar-refractivity contribution is 0.0958. The van der Waals surface area contributed by atoms with E-state index in [1.165, 1.54) is 17.1 Å². The molecule has 0 fully saturated rings. The van der Waals surface area contributed by atoms with Crippen molar-refractivity contribution in [1.82, 2.24) is 14.5 Å². The van der Waals surface area contributed by atoms with Crippen LogP contribution in [0.25, 0.3) is 0 Å². The zero-order valence-electron chi connectivity index (χ0n) is 9.02. The van der Waals surface area contributed by atoms with Crippen molar-refractivity contribution in [2.24, 2.45) is 0 Å². The SMILES string of the molecule is Cc1[nH]c(C=O)c(C)c1C(=O)n1ccnc1. The zero-order chi connectivity index (χ0) is 11.7. The van der Waals surface area contributed by atoms with Crippen LogP contribution < -0.4 is 0 Å². The third-order valence-electron chi connectivity index (χ3n) is 2.55. The molecule has 0 aliphatic heterocycles. The number of nitrogens with zero attached hydrogens (tertiary/aromatic N) is 2. The standard InChI is InChI=1S/C11H11N3O2/c1-7-9(5-15)13-8(2)10(7)11(16)14-4-3-12-6-14/h3-6,13H,1-2H3. The Kier molecular flexibility index (Phi) is 2.44. The molecule has 0 unspecified atom stereocenters. The molecule has 0 amide bonds. The molecule has 82 valence electrons. The maximum Gasteiger partial charge on any atom is 0.265 e. The van der Waals surface area contributed by atoms with Gasteiger partial charge in [-0.15, -0.1) is 0 Å². The maximum atomic E-state index is 12.1. The Morgan fingerprint density at radius 1 is 1.50 bits per heavy atom. The van der Waals surface area contributed by atoms with E-state index in [0.29, 0.717) is 28.8 Å². The summed E-state index contributed by atoms with van der Waals surface area (Å²) in [6, 6.07) is 0. The molecule has 0 aromatic carbocycles. The molecule has 2 rings (SSSR count). The van der Waals surface area contributed by atoms with Crippen molar-refractivity contribution in [3.63, 3.8) is 0 Å². The predicted molar refractivity (Wildman–Crippen MR) is 57.6 cm³/mol. The second-order valence-electron chi connectivity index (χ2n) is 3.56. The lowest BCUT2D eigenvalue weighted by Crippen LogP contribution is -2.11. The van der Waals surface area contributed by atoms with Crippen LogP contribution in [0, 0.1) is 13.8 Å². The zero-order valence-corrected chi connectivity index (χ0v) is 9.02. The van der Waals surface area contributed by atoms with Crippen LogP contribution in [-0.2, 0) is 0 Å². The highest BCUT2D eigenvalue weighted by molar-refractivity contribution is 6.00. The first kappa shape index (κ1) is 10.4. The van der Waals surface area contributed by atoms with Gasteiger partial charge in [-0.3, -0.25) is 14.2 Å². The lowest BCUT2D eigenvalue weighted by atomic mass is 10.1. The molecule has 0 aliphatic carbocycles. The molecule has 5 nitrogen and oxygen atoms in total. The fourth-order valence-corrected chi connectivity index (χ4v) is 1.72. The van der Waals surface area contributed by atoms with Gasteiger partial charge in [-0.05, 0) is 19.4 Å². The number of carbonyl (C=O) groups excluding carboxylic acids is 2. The van der Waals surface area contributed by atoms with E-state index >= 15 is 0 Å². The molecule has 0 saturated carbocycles. The number of hydrogen-bond acceptors (Lipinski definition) is 3. The Morgan fingerprint density at radius 3 is 2.75 bits per heavy atom. The maximum absolute atomic E-state index is 12.1. The first-order valence-corrected chi connectivity index (χ1v) is 4.82. The molecule has 1 N–H and O–H groups in total. The minimum absolute atomic E-state index is 0.183. The normalized spacial score (nSPS) is 10.4. The van der Waals surface area contributed by atoms with Crippen molar-refractivity contribution >= 4 is 12.2 Å². The lowest BCUT2D eigenvalue weighted by Gasteiger charge is -2.01. The van der Waals surface area contributed by atoms with E-state index in [-0.39, 0.29) is 5.91 Å². The third-order valence-corrected chi connectivity index (χ3v) is 2.55. The first-order chi connectivity index (χ1) is 7.65. The van der Waals surface area contributed by atoms with Gasteiger partial charge in [-0.1, -0.05) is 0 Å². The van der Waals surface area contributed by atoms with Gasteiger partial charge in [0.05, 0.1) is 11.3 Å². The van der Waals surface area contributed by atoms with Crippen molar-refractivity contribution in [3.8, 4) is 0 Å². The Morgan fingerprint density at radius 2 is 2.25 bits per heavy atom. The molecule has 0 radical (unpaired) electrons. The van der Waals surface area contributed by atoms with Crippen molar-refractivity contribution in [2.45, 2.75) is 13.8 Å². The van der Waals surface area contributed by atoms with Crippen LogP contribution >= 0.6 is 0 Å². The molecule has 2 aromatic heterocycles. The first-order valence-electron chi connectivity index (χ1n) is 4.82. The van der Waals surface area contributed by atoms with Gasteiger partial charge >= 0.3 is 0 Å². The van der Waals surface area contributed by atoms with Crippen molar-refractivity contribution in [3.05, 3.63) is 41.2 Å². The molecular weight excluding hydrogens is 206 g/mol. The molecule has 16 heavy (non-hydrogen) atoms. The molecule has 0 atom stereocenters. The van der Waals surface area contributed by atoms with Crippen molar-refractivity contribution in [2.75, 3.05) is 0 Å². The summed E-state index contributed by atoms with van der Waals surface area (Å²) >= 11 is 0. The predicted octanol–water partition coefficient (Wildman–Crippen LogP) is 1.33. The topological polar surface area (TPSA) is 67.8 Å². The fourth-order valence-electron chi connectivity index (χ4n) is 1.72. The number of aldehydes is 1. The molecule has 0 bridgehead atoms. The van der Waals surface area contributed by atoms with Gasteiger partial charge in [-0.25, -0.2) is 4.98 Å². The van der Waals surface area contributed by atoms with Gasteiger partial charge in [0.2, 0.25) is 0 Å². The smallest absolute Gasteiger partial charge is 0.265 e. The van der Waals surface area contributed by atoms with Crippen LogP contribution in [0.4, 0.5) is 0 Å². The molecule has 0 spiro atoms. The number of aromatic amines is 1. The van der Waals surface area contributed by atoms with Gasteiger partial charge in [0.15, 0.2) is 6.29 Å². The van der Waals surface area contributed by atoms with Gasteiger partial charge in [-0.2, -0.15) is 0 Å². The molecule has 5 heteroatoms. The number of aromatic nitrogens is 3. The summed E-state index contributed by atoms with van der Waals surface area (Å²) in [6.07, 6.45) is 5.27. The van der Waals surface area contributed by atoms with Crippen LogP contribution in [-0.4, -0.2) is 26.7 Å². The number of H-pyrrole nitrogens is 1. The molecular formula is C11H11N3O2. The summed E-state index contributed by atoms with van der Waals surface area (Å²) in [5.74, 6) is -0.183. The van der Waals surface area contributed by atoms with E-state index < -0.39 is 0 Å². The largest absolute Gasteiger partial charge is 0.356 e. The van der Waals surface area contributed by atoms with E-state index in [2.05, 4.69) is 9.97 Å². The Labute approximate surface area is 92.1 Å². The summed E-state index contributed by atoms with van der Waals surface area (Å²) < 4.78 is 1.39. The quantitative estimate of drug-likeness (QED) is 0.771. The molecule has 2 heterocycles. The van der Waals surface area contributed by atoms with Crippen LogP contribution in [0.2, 0.25) is 0 Å². The van der Waals surface area contributed by atoms with Gasteiger partial charge in [0.1, 0.15) is 6.33 Å². The number of imidazole rings is 1. The minimum atomic E-state index is -0.183. The van der Waals surface area contributed by atoms with E-state index in [4.69, 9.17) is 0 Å². The number of nitrogens with one attached hydrogen (secondary N) is 1. The Hall–Kier alpha value is -2.17. The Bertz CT molecular complexity index is 538. The number of rotatable bonds is 2. The highest BCUT2D eigenvalue weighted by atomic mass is 16.2. The van der Waals surface area contributed by atoms with Crippen molar-refractivity contribution < 1.29 is 9.59 Å². The van der Waals surface area contributed by atoms with Gasteiger partial charge in [0.25, 0.3) is 5.91 Å². The summed E-state index contributed by atoms with van der Waals surface area (Å²) in [7, 11) is 0. The highest BCUT2D eigenvalue weighted by Crippen LogP contribution is 2.17. The van der Waals surface area contributed by atoms with E-state index in [0.717, 1.165) is 0 Å². The van der Waals surface area contributed by atoms with Gasteiger partial charge in [0, 0.05) is 18.1 Å². The van der Waals surface area contributed by atoms with Crippen LogP contribution in [0.15, 0.2) is 18.7 Å². The fraction of sp³-hybridized carbons (Fsp3) is 0.182. The molecule has 0 aliphatic rings. The van der Waals surface area contributed by atoms with Crippen molar-refractivity contribution in [1.29, 1.82) is 0 Å². The monoisotopic (exact) mass is 217 g/mol. The number of carbonyl (C=O) groups is 2. The number of aryl methyl sites for hydroxylation is 1. The second kappa shape index (κ2) is 3.77. The summed E-state index contributed by atoms with van der Waals surface area (Å²) in [5.41, 5.74) is 2.34. The van der Waals surface area contributed by atoms with Gasteiger partial charge < -0.3 is 4.98 Å².